The lowest BCUT2D eigenvalue weighted by atomic mass is 9.97. The van der Waals surface area contributed by atoms with E-state index in [1.807, 2.05) is 0 Å². The number of thioether (sulfide) groups is 1. The number of aliphatic hydroxyl groups is 3. The first-order chi connectivity index (χ1) is 19.6. The highest BCUT2D eigenvalue weighted by Gasteiger charge is 2.85. The Kier molecular flexibility index (Phi) is 8.44. The summed E-state index contributed by atoms with van der Waals surface area (Å²) in [5.74, 6) is 0.765. The molecule has 5 rings (SSSR count). The highest BCUT2D eigenvalue weighted by molar-refractivity contribution is 8.13. The van der Waals surface area contributed by atoms with Gasteiger partial charge in [-0.3, -0.25) is 13.8 Å². The zero-order valence-electron chi connectivity index (χ0n) is 24.3. The minimum atomic E-state index is -3.87. The lowest BCUT2D eigenvalue weighted by Gasteiger charge is -2.27. The van der Waals surface area contributed by atoms with E-state index in [1.165, 1.54) is 6.33 Å². The van der Waals surface area contributed by atoms with Crippen LogP contribution in [-0.2, 0) is 23.1 Å². The molecule has 0 radical (unpaired) electrons. The minimum Gasteiger partial charge on any atom is -0.395 e. The topological polar surface area (TPSA) is 216 Å². The smallest absolute Gasteiger partial charge is 0.395 e. The van der Waals surface area contributed by atoms with Crippen LogP contribution in [-0.4, -0.2) is 101 Å². The number of hydrogen-bond acceptors (Lipinski definition) is 14. The van der Waals surface area contributed by atoms with Gasteiger partial charge in [0.25, 0.3) is 0 Å². The average molecular weight is 630 g/mol. The number of nitrogens with zero attached hydrogens (tertiary/aromatic N) is 4. The van der Waals surface area contributed by atoms with Crippen LogP contribution in [0.3, 0.4) is 0 Å². The predicted octanol–water partition coefficient (Wildman–Crippen LogP) is 1.20. The zero-order valence-corrected chi connectivity index (χ0v) is 26.0. The van der Waals surface area contributed by atoms with E-state index in [0.29, 0.717) is 23.0 Å². The summed E-state index contributed by atoms with van der Waals surface area (Å²) in [6.45, 7) is 7.79. The zero-order chi connectivity index (χ0) is 30.7. The van der Waals surface area contributed by atoms with Crippen molar-refractivity contribution >= 4 is 47.6 Å². The fraction of sp³-hybridized carbons (Fsp3) is 0.760. The highest BCUT2D eigenvalue weighted by Crippen LogP contribution is 2.68. The van der Waals surface area contributed by atoms with Gasteiger partial charge >= 0.3 is 7.75 Å². The quantitative estimate of drug-likeness (QED) is 0.128. The largest absolute Gasteiger partial charge is 0.405 e. The molecule has 42 heavy (non-hydrogen) atoms. The molecule has 2 aliphatic carbocycles. The molecule has 1 saturated heterocycles. The molecule has 3 aliphatic rings. The molecule has 6 atom stereocenters. The molecular weight excluding hydrogens is 589 g/mol. The number of nitrogen functional groups attached to an aromatic ring is 1. The number of imidazole rings is 1. The van der Waals surface area contributed by atoms with Gasteiger partial charge in [0, 0.05) is 17.8 Å². The molecule has 6 unspecified atom stereocenters. The maximum absolute atomic E-state index is 13.4. The SMILES string of the molecule is CC(C)NP(=O)(OCCSC(=O)C(C)(C)CO)OCC1OC2(C)C(n3cnc4c(NC5CC5)nc(N)nc43)C2(O)C1O. The van der Waals surface area contributed by atoms with Gasteiger partial charge in [-0.25, -0.2) is 14.6 Å². The van der Waals surface area contributed by atoms with Crippen molar-refractivity contribution in [1.82, 2.24) is 24.6 Å². The fourth-order valence-corrected chi connectivity index (χ4v) is 7.71. The maximum Gasteiger partial charge on any atom is 0.405 e. The molecule has 0 bridgehead atoms. The Hall–Kier alpha value is -1.88. The second kappa shape index (κ2) is 11.2. The van der Waals surface area contributed by atoms with E-state index in [1.54, 1.807) is 39.2 Å². The van der Waals surface area contributed by atoms with E-state index in [9.17, 15) is 24.7 Å². The maximum atomic E-state index is 13.4. The number of anilines is 2. The van der Waals surface area contributed by atoms with Gasteiger partial charge in [0.05, 0.1) is 31.6 Å². The van der Waals surface area contributed by atoms with Gasteiger partial charge in [0.15, 0.2) is 22.1 Å². The Balaban J connectivity index is 1.23. The predicted molar refractivity (Wildman–Crippen MR) is 156 cm³/mol. The third kappa shape index (κ3) is 5.69. The normalized spacial score (nSPS) is 30.5. The van der Waals surface area contributed by atoms with Gasteiger partial charge < -0.3 is 35.7 Å². The van der Waals surface area contributed by atoms with Gasteiger partial charge in [0.1, 0.15) is 29.5 Å². The third-order valence-corrected chi connectivity index (χ3v) is 10.9. The number of nitrogens with two attached hydrogens (primary N) is 1. The number of ether oxygens (including phenoxy) is 1. The Morgan fingerprint density at radius 1 is 1.36 bits per heavy atom. The Morgan fingerprint density at radius 2 is 2.07 bits per heavy atom. The number of carbonyl (C=O) groups excluding carboxylic acids is 1. The van der Waals surface area contributed by atoms with Crippen LogP contribution in [0.5, 0.6) is 0 Å². The number of hydrogen-bond donors (Lipinski definition) is 6. The van der Waals surface area contributed by atoms with Crippen molar-refractivity contribution < 1.29 is 38.5 Å². The third-order valence-electron chi connectivity index (χ3n) is 7.84. The van der Waals surface area contributed by atoms with Crippen LogP contribution in [0.15, 0.2) is 6.33 Å². The van der Waals surface area contributed by atoms with Gasteiger partial charge in [-0.15, -0.1) is 0 Å². The molecule has 3 heterocycles. The first kappa shape index (κ1) is 31.5. The van der Waals surface area contributed by atoms with E-state index in [4.69, 9.17) is 19.5 Å². The minimum absolute atomic E-state index is 0.0522. The summed E-state index contributed by atoms with van der Waals surface area (Å²) in [5.41, 5.74) is 3.05. The van der Waals surface area contributed by atoms with Gasteiger partial charge in [-0.05, 0) is 47.5 Å². The number of nitrogens with one attached hydrogen (secondary N) is 2. The van der Waals surface area contributed by atoms with Crippen molar-refractivity contribution in [3.63, 3.8) is 0 Å². The molecule has 2 saturated carbocycles. The number of rotatable bonds is 14. The molecule has 0 aromatic carbocycles. The first-order valence-corrected chi connectivity index (χ1v) is 16.5. The van der Waals surface area contributed by atoms with Crippen LogP contribution in [0.1, 0.15) is 53.5 Å². The molecule has 234 valence electrons. The van der Waals surface area contributed by atoms with Crippen molar-refractivity contribution in [2.45, 2.75) is 89.0 Å². The number of carbonyl (C=O) groups is 1. The summed E-state index contributed by atoms with van der Waals surface area (Å²) < 4.78 is 32.4. The van der Waals surface area contributed by atoms with Crippen LogP contribution < -0.4 is 16.1 Å². The fourth-order valence-electron chi connectivity index (χ4n) is 5.25. The van der Waals surface area contributed by atoms with Gasteiger partial charge in [-0.1, -0.05) is 11.8 Å². The van der Waals surface area contributed by atoms with Crippen molar-refractivity contribution in [2.75, 3.05) is 36.6 Å². The van der Waals surface area contributed by atoms with E-state index in [-0.39, 0.29) is 42.7 Å². The van der Waals surface area contributed by atoms with Crippen LogP contribution in [0, 0.1) is 5.41 Å². The van der Waals surface area contributed by atoms with Crippen molar-refractivity contribution in [2.24, 2.45) is 5.41 Å². The lowest BCUT2D eigenvalue weighted by Crippen LogP contribution is -2.40. The Labute approximate surface area is 247 Å². The molecule has 2 aromatic rings. The Bertz CT molecular complexity index is 1390. The van der Waals surface area contributed by atoms with E-state index < -0.39 is 42.6 Å². The van der Waals surface area contributed by atoms with E-state index >= 15 is 0 Å². The number of aromatic nitrogens is 4. The first-order valence-electron chi connectivity index (χ1n) is 13.9. The summed E-state index contributed by atoms with van der Waals surface area (Å²) >= 11 is 0.969. The summed E-state index contributed by atoms with van der Waals surface area (Å²) in [6.07, 6.45) is 1.17. The lowest BCUT2D eigenvalue weighted by molar-refractivity contribution is -0.119. The molecule has 1 aliphatic heterocycles. The average Bonchev–Trinajstić information content (AvgIpc) is 3.74. The standard InChI is InChI=1S/C25H40N7O8PS/c1-13(2)31-41(37,38-8-9-42-21(35)23(3,4)11-33)39-10-15-17(34)25(36)20(24(25,5)40-15)32-12-27-16-18(28-14-6-7-14)29-22(26)30-19(16)32/h12-15,17,20,33-34,36H,6-11H2,1-5H3,(H,31,37)(H3,26,28,29,30). The second-order valence-corrected chi connectivity index (χ2v) is 15.0. The summed E-state index contributed by atoms with van der Waals surface area (Å²) in [7, 11) is -3.87. The van der Waals surface area contributed by atoms with Crippen LogP contribution >= 0.6 is 19.5 Å². The molecule has 2 aromatic heterocycles. The molecule has 7 N–H and O–H groups in total. The second-order valence-electron chi connectivity index (χ2n) is 12.2. The monoisotopic (exact) mass is 629 g/mol. The molecule has 17 heteroatoms. The molecule has 15 nitrogen and oxygen atoms in total. The summed E-state index contributed by atoms with van der Waals surface area (Å²) in [5, 5.41) is 38.0. The van der Waals surface area contributed by atoms with E-state index in [0.717, 1.165) is 24.6 Å². The molecule has 3 fully saturated rings. The highest BCUT2D eigenvalue weighted by atomic mass is 32.2. The van der Waals surface area contributed by atoms with Crippen LogP contribution in [0.4, 0.5) is 11.8 Å². The van der Waals surface area contributed by atoms with Crippen molar-refractivity contribution in [3.8, 4) is 0 Å². The molecule has 0 amide bonds. The van der Waals surface area contributed by atoms with Gasteiger partial charge in [-0.2, -0.15) is 9.97 Å². The van der Waals surface area contributed by atoms with Crippen molar-refractivity contribution in [1.29, 1.82) is 0 Å². The summed E-state index contributed by atoms with van der Waals surface area (Å²) in [4.78, 5) is 25.3. The van der Waals surface area contributed by atoms with E-state index in [2.05, 4.69) is 25.4 Å². The summed E-state index contributed by atoms with van der Waals surface area (Å²) in [6, 6.07) is -0.681. The Morgan fingerprint density at radius 3 is 2.67 bits per heavy atom. The molecule has 0 spiro atoms. The van der Waals surface area contributed by atoms with Crippen LogP contribution in [0.2, 0.25) is 0 Å². The number of fused-ring (bicyclic) bond motifs is 2. The van der Waals surface area contributed by atoms with Crippen LogP contribution in [0.25, 0.3) is 11.2 Å². The van der Waals surface area contributed by atoms with Crippen molar-refractivity contribution in [3.05, 3.63) is 6.33 Å². The molecular formula is C25H40N7O8PS. The van der Waals surface area contributed by atoms with Gasteiger partial charge in [0.2, 0.25) is 5.95 Å². The number of aliphatic hydroxyl groups excluding tert-OH is 2.